The molecule has 0 aromatic rings. The lowest BCUT2D eigenvalue weighted by atomic mass is 10.00. The van der Waals surface area contributed by atoms with E-state index in [2.05, 4.69) is 5.32 Å². The van der Waals surface area contributed by atoms with Crippen molar-refractivity contribution in [1.29, 1.82) is 0 Å². The lowest BCUT2D eigenvalue weighted by Gasteiger charge is -2.31. The van der Waals surface area contributed by atoms with Crippen molar-refractivity contribution >= 4 is 10.0 Å². The van der Waals surface area contributed by atoms with E-state index in [0.717, 1.165) is 45.3 Å². The van der Waals surface area contributed by atoms with Gasteiger partial charge < -0.3 is 5.32 Å². The van der Waals surface area contributed by atoms with Crippen molar-refractivity contribution in [2.75, 3.05) is 26.7 Å². The Morgan fingerprint density at radius 1 is 1.33 bits per heavy atom. The molecule has 1 aliphatic heterocycles. The molecule has 88 valence electrons. The Morgan fingerprint density at radius 2 is 2.07 bits per heavy atom. The standard InChI is InChI=1S/C10H20N2O2S/c1-11-7-9-3-2-6-12(8-9)15(13,14)10-4-5-10/h9-11H,2-8H2,1H3. The second-order valence-corrected chi connectivity index (χ2v) is 6.88. The monoisotopic (exact) mass is 232 g/mol. The van der Waals surface area contributed by atoms with Gasteiger partial charge in [-0.25, -0.2) is 12.7 Å². The van der Waals surface area contributed by atoms with E-state index in [4.69, 9.17) is 0 Å². The van der Waals surface area contributed by atoms with Crippen molar-refractivity contribution in [3.8, 4) is 0 Å². The van der Waals surface area contributed by atoms with Crippen LogP contribution in [0.3, 0.4) is 0 Å². The van der Waals surface area contributed by atoms with Crippen molar-refractivity contribution in [3.63, 3.8) is 0 Å². The number of sulfonamides is 1. The molecule has 1 atom stereocenters. The molecule has 1 saturated heterocycles. The van der Waals surface area contributed by atoms with Crippen LogP contribution in [-0.4, -0.2) is 44.7 Å². The minimum Gasteiger partial charge on any atom is -0.319 e. The van der Waals surface area contributed by atoms with Crippen molar-refractivity contribution in [1.82, 2.24) is 9.62 Å². The van der Waals surface area contributed by atoms with E-state index in [1.54, 1.807) is 4.31 Å². The summed E-state index contributed by atoms with van der Waals surface area (Å²) in [7, 11) is -1.01. The molecule has 1 N–H and O–H groups in total. The predicted molar refractivity (Wildman–Crippen MR) is 60.2 cm³/mol. The van der Waals surface area contributed by atoms with Crippen LogP contribution in [0.2, 0.25) is 0 Å². The van der Waals surface area contributed by atoms with E-state index >= 15 is 0 Å². The van der Waals surface area contributed by atoms with E-state index in [9.17, 15) is 8.42 Å². The summed E-state index contributed by atoms with van der Waals surface area (Å²) in [6.07, 6.45) is 3.90. The zero-order valence-corrected chi connectivity index (χ0v) is 10.1. The maximum atomic E-state index is 12.0. The molecule has 15 heavy (non-hydrogen) atoms. The van der Waals surface area contributed by atoms with E-state index in [1.165, 1.54) is 0 Å². The molecule has 2 aliphatic rings. The van der Waals surface area contributed by atoms with Gasteiger partial charge in [0, 0.05) is 13.1 Å². The topological polar surface area (TPSA) is 49.4 Å². The zero-order chi connectivity index (χ0) is 10.9. The summed E-state index contributed by atoms with van der Waals surface area (Å²) in [5.74, 6) is 0.497. The second-order valence-electron chi connectivity index (χ2n) is 4.67. The van der Waals surface area contributed by atoms with Gasteiger partial charge in [-0.05, 0) is 45.2 Å². The normalized spacial score (nSPS) is 29.3. The summed E-state index contributed by atoms with van der Waals surface area (Å²) in [6.45, 7) is 2.38. The van der Waals surface area contributed by atoms with E-state index < -0.39 is 10.0 Å². The summed E-state index contributed by atoms with van der Waals surface area (Å²) in [5.41, 5.74) is 0. The molecule has 4 nitrogen and oxygen atoms in total. The number of piperidine rings is 1. The van der Waals surface area contributed by atoms with Gasteiger partial charge in [0.15, 0.2) is 0 Å². The number of rotatable bonds is 4. The van der Waals surface area contributed by atoms with Crippen LogP contribution in [0.5, 0.6) is 0 Å². The highest BCUT2D eigenvalue weighted by Gasteiger charge is 2.41. The summed E-state index contributed by atoms with van der Waals surface area (Å²) in [6, 6.07) is 0. The average Bonchev–Trinajstić information content (AvgIpc) is 3.02. The van der Waals surface area contributed by atoms with Crippen molar-refractivity contribution in [2.24, 2.45) is 5.92 Å². The molecule has 1 saturated carbocycles. The highest BCUT2D eigenvalue weighted by Crippen LogP contribution is 2.33. The number of hydrogen-bond donors (Lipinski definition) is 1. The Balaban J connectivity index is 1.97. The van der Waals surface area contributed by atoms with E-state index in [1.807, 2.05) is 7.05 Å². The van der Waals surface area contributed by atoms with Gasteiger partial charge in [-0.1, -0.05) is 0 Å². The Bertz CT molecular complexity index is 309. The molecule has 0 aromatic heterocycles. The van der Waals surface area contributed by atoms with Gasteiger partial charge in [0.05, 0.1) is 5.25 Å². The molecule has 1 aliphatic carbocycles. The molecule has 2 fully saturated rings. The predicted octanol–water partition coefficient (Wildman–Crippen LogP) is 0.410. The van der Waals surface area contributed by atoms with Gasteiger partial charge in [-0.2, -0.15) is 0 Å². The minimum absolute atomic E-state index is 0.0502. The third kappa shape index (κ3) is 2.52. The number of nitrogens with zero attached hydrogens (tertiary/aromatic N) is 1. The maximum Gasteiger partial charge on any atom is 0.216 e. The van der Waals surface area contributed by atoms with Crippen LogP contribution in [0, 0.1) is 5.92 Å². The fourth-order valence-corrected chi connectivity index (χ4v) is 4.25. The third-order valence-corrected chi connectivity index (χ3v) is 5.65. The third-order valence-electron chi connectivity index (χ3n) is 3.28. The van der Waals surface area contributed by atoms with Gasteiger partial charge in [-0.15, -0.1) is 0 Å². The first-order valence-electron chi connectivity index (χ1n) is 5.78. The minimum atomic E-state index is -2.93. The first-order valence-corrected chi connectivity index (χ1v) is 7.28. The highest BCUT2D eigenvalue weighted by molar-refractivity contribution is 7.90. The van der Waals surface area contributed by atoms with Gasteiger partial charge >= 0.3 is 0 Å². The molecular formula is C10H20N2O2S. The second kappa shape index (κ2) is 4.39. The average molecular weight is 232 g/mol. The SMILES string of the molecule is CNCC1CCCN(S(=O)(=O)C2CC2)C1. The van der Waals surface area contributed by atoms with Crippen LogP contribution in [0.4, 0.5) is 0 Å². The molecule has 0 bridgehead atoms. The highest BCUT2D eigenvalue weighted by atomic mass is 32.2. The van der Waals surface area contributed by atoms with Crippen LogP contribution in [0.1, 0.15) is 25.7 Å². The number of nitrogens with one attached hydrogen (secondary N) is 1. The Kier molecular flexibility index (Phi) is 3.33. The van der Waals surface area contributed by atoms with Gasteiger partial charge in [0.1, 0.15) is 0 Å². The molecule has 2 rings (SSSR count). The zero-order valence-electron chi connectivity index (χ0n) is 9.28. The summed E-state index contributed by atoms with van der Waals surface area (Å²) in [4.78, 5) is 0. The molecule has 0 radical (unpaired) electrons. The Hall–Kier alpha value is -0.130. The molecule has 0 spiro atoms. The molecule has 1 heterocycles. The maximum absolute atomic E-state index is 12.0. The summed E-state index contributed by atoms with van der Waals surface area (Å²) >= 11 is 0. The Labute approximate surface area is 92.1 Å². The quantitative estimate of drug-likeness (QED) is 0.764. The van der Waals surface area contributed by atoms with Gasteiger partial charge in [0.2, 0.25) is 10.0 Å². The fourth-order valence-electron chi connectivity index (χ4n) is 2.29. The molecule has 0 amide bonds. The van der Waals surface area contributed by atoms with Crippen molar-refractivity contribution in [3.05, 3.63) is 0 Å². The van der Waals surface area contributed by atoms with Crippen LogP contribution >= 0.6 is 0 Å². The van der Waals surface area contributed by atoms with Crippen LogP contribution in [0.25, 0.3) is 0 Å². The number of hydrogen-bond acceptors (Lipinski definition) is 3. The first kappa shape index (κ1) is 11.4. The van der Waals surface area contributed by atoms with Crippen LogP contribution < -0.4 is 5.32 Å². The van der Waals surface area contributed by atoms with E-state index in [-0.39, 0.29) is 5.25 Å². The first-order chi connectivity index (χ1) is 7.14. The van der Waals surface area contributed by atoms with Crippen molar-refractivity contribution < 1.29 is 8.42 Å². The molecule has 5 heteroatoms. The summed E-state index contributed by atoms with van der Waals surface area (Å²) < 4.78 is 25.7. The van der Waals surface area contributed by atoms with Crippen LogP contribution in [-0.2, 0) is 10.0 Å². The lowest BCUT2D eigenvalue weighted by Crippen LogP contribution is -2.43. The lowest BCUT2D eigenvalue weighted by molar-refractivity contribution is 0.263. The van der Waals surface area contributed by atoms with Crippen LogP contribution in [0.15, 0.2) is 0 Å². The fraction of sp³-hybridized carbons (Fsp3) is 1.00. The van der Waals surface area contributed by atoms with E-state index in [0.29, 0.717) is 5.92 Å². The molecular weight excluding hydrogens is 212 g/mol. The van der Waals surface area contributed by atoms with Gasteiger partial charge in [-0.3, -0.25) is 0 Å². The summed E-state index contributed by atoms with van der Waals surface area (Å²) in [5, 5.41) is 3.08. The van der Waals surface area contributed by atoms with Gasteiger partial charge in [0.25, 0.3) is 0 Å². The molecule has 1 unspecified atom stereocenters. The largest absolute Gasteiger partial charge is 0.319 e. The van der Waals surface area contributed by atoms with Crippen molar-refractivity contribution in [2.45, 2.75) is 30.9 Å². The molecule has 0 aromatic carbocycles. The Morgan fingerprint density at radius 3 is 2.67 bits per heavy atom. The smallest absolute Gasteiger partial charge is 0.216 e.